The first-order valence-electron chi connectivity index (χ1n) is 10.7. The standard InChI is InChI=1S/C24H25BrN4O4/c1-14-5-3-6-15(2)21(14)27-22(30)20-12-16-11-17(25)8-9-19(16)29(20)28-24(32)23(31)26-13-18-7-4-10-33-18/h3,5-6,8-9,11-12,18H,4,7,10,13H2,1-2H3,(H,26,31)(H,27,30)(H,28,32)/t18-/m1/s1. The van der Waals surface area contributed by atoms with Gasteiger partial charge in [-0.3, -0.25) is 19.8 Å². The molecule has 172 valence electrons. The van der Waals surface area contributed by atoms with Crippen molar-refractivity contribution in [3.63, 3.8) is 0 Å². The Morgan fingerprint density at radius 1 is 1.09 bits per heavy atom. The first-order valence-corrected chi connectivity index (χ1v) is 11.5. The number of halogens is 1. The Kier molecular flexibility index (Phi) is 6.80. The van der Waals surface area contributed by atoms with Crippen LogP contribution in [0.5, 0.6) is 0 Å². The number of benzene rings is 2. The number of aromatic nitrogens is 1. The van der Waals surface area contributed by atoms with Gasteiger partial charge in [0.15, 0.2) is 0 Å². The van der Waals surface area contributed by atoms with Crippen molar-refractivity contribution in [1.29, 1.82) is 0 Å². The van der Waals surface area contributed by atoms with E-state index in [9.17, 15) is 14.4 Å². The fraction of sp³-hybridized carbons (Fsp3) is 0.292. The van der Waals surface area contributed by atoms with Gasteiger partial charge in [0.05, 0.1) is 11.6 Å². The molecule has 33 heavy (non-hydrogen) atoms. The van der Waals surface area contributed by atoms with Gasteiger partial charge >= 0.3 is 11.8 Å². The Hall–Kier alpha value is -3.17. The van der Waals surface area contributed by atoms with E-state index in [-0.39, 0.29) is 18.3 Å². The van der Waals surface area contributed by atoms with Crippen LogP contribution >= 0.6 is 15.9 Å². The van der Waals surface area contributed by atoms with Crippen LogP contribution in [-0.4, -0.2) is 41.7 Å². The number of nitrogens with zero attached hydrogens (tertiary/aromatic N) is 1. The summed E-state index contributed by atoms with van der Waals surface area (Å²) in [5.74, 6) is -2.06. The third kappa shape index (κ3) is 5.09. The van der Waals surface area contributed by atoms with Crippen molar-refractivity contribution in [2.24, 2.45) is 0 Å². The van der Waals surface area contributed by atoms with E-state index in [0.29, 0.717) is 17.8 Å². The molecule has 8 nitrogen and oxygen atoms in total. The third-order valence-corrected chi connectivity index (χ3v) is 6.14. The molecule has 2 heterocycles. The molecular formula is C24H25BrN4O4. The summed E-state index contributed by atoms with van der Waals surface area (Å²) < 4.78 is 7.65. The summed E-state index contributed by atoms with van der Waals surface area (Å²) in [6, 6.07) is 12.8. The minimum atomic E-state index is -0.866. The van der Waals surface area contributed by atoms with Gasteiger partial charge in [-0.05, 0) is 62.1 Å². The van der Waals surface area contributed by atoms with Crippen LogP contribution < -0.4 is 16.1 Å². The van der Waals surface area contributed by atoms with Crippen LogP contribution in [-0.2, 0) is 14.3 Å². The highest BCUT2D eigenvalue weighted by atomic mass is 79.9. The van der Waals surface area contributed by atoms with Crippen LogP contribution in [0.1, 0.15) is 34.5 Å². The molecule has 9 heteroatoms. The predicted molar refractivity (Wildman–Crippen MR) is 130 cm³/mol. The number of aryl methyl sites for hydroxylation is 2. The summed E-state index contributed by atoms with van der Waals surface area (Å²) in [4.78, 5) is 38.3. The Balaban J connectivity index is 1.59. The van der Waals surface area contributed by atoms with Crippen LogP contribution in [0.15, 0.2) is 46.9 Å². The van der Waals surface area contributed by atoms with Crippen molar-refractivity contribution in [1.82, 2.24) is 9.99 Å². The number of hydrogen-bond acceptors (Lipinski definition) is 4. The number of nitrogens with one attached hydrogen (secondary N) is 3. The molecule has 0 unspecified atom stereocenters. The van der Waals surface area contributed by atoms with E-state index < -0.39 is 17.7 Å². The van der Waals surface area contributed by atoms with Gasteiger partial charge < -0.3 is 15.4 Å². The van der Waals surface area contributed by atoms with Gasteiger partial charge in [-0.2, -0.15) is 0 Å². The fourth-order valence-electron chi connectivity index (χ4n) is 3.91. The van der Waals surface area contributed by atoms with E-state index in [1.807, 2.05) is 38.1 Å². The summed E-state index contributed by atoms with van der Waals surface area (Å²) in [5.41, 5.74) is 5.92. The Morgan fingerprint density at radius 2 is 1.85 bits per heavy atom. The maximum absolute atomic E-state index is 13.2. The summed E-state index contributed by atoms with van der Waals surface area (Å²) in [6.45, 7) is 4.76. The molecule has 0 spiro atoms. The van der Waals surface area contributed by atoms with Crippen molar-refractivity contribution in [2.75, 3.05) is 23.9 Å². The Morgan fingerprint density at radius 3 is 2.55 bits per heavy atom. The number of carbonyl (C=O) groups excluding carboxylic acids is 3. The van der Waals surface area contributed by atoms with Gasteiger partial charge in [-0.25, -0.2) is 4.68 Å². The maximum Gasteiger partial charge on any atom is 0.328 e. The number of rotatable bonds is 5. The number of anilines is 1. The molecule has 1 atom stereocenters. The molecule has 0 saturated carbocycles. The summed E-state index contributed by atoms with van der Waals surface area (Å²) in [7, 11) is 0. The number of carbonyl (C=O) groups is 3. The monoisotopic (exact) mass is 512 g/mol. The molecule has 3 aromatic rings. The lowest BCUT2D eigenvalue weighted by Crippen LogP contribution is -2.42. The minimum absolute atomic E-state index is 0.0785. The Bertz CT molecular complexity index is 1210. The van der Waals surface area contributed by atoms with Crippen LogP contribution in [0.25, 0.3) is 10.9 Å². The second-order valence-corrected chi connectivity index (χ2v) is 8.99. The molecule has 0 radical (unpaired) electrons. The molecule has 3 N–H and O–H groups in total. The average Bonchev–Trinajstić information content (AvgIpc) is 3.42. The topological polar surface area (TPSA) is 101 Å². The third-order valence-electron chi connectivity index (χ3n) is 5.65. The van der Waals surface area contributed by atoms with Crippen molar-refractivity contribution >= 4 is 50.2 Å². The van der Waals surface area contributed by atoms with Gasteiger partial charge in [0.2, 0.25) is 0 Å². The molecule has 1 fully saturated rings. The highest BCUT2D eigenvalue weighted by Crippen LogP contribution is 2.25. The van der Waals surface area contributed by atoms with Crippen LogP contribution in [0.4, 0.5) is 5.69 Å². The first-order chi connectivity index (χ1) is 15.8. The zero-order chi connectivity index (χ0) is 23.5. The highest BCUT2D eigenvalue weighted by molar-refractivity contribution is 9.10. The second kappa shape index (κ2) is 9.76. The normalized spacial score (nSPS) is 15.4. The first kappa shape index (κ1) is 23.0. The summed E-state index contributed by atoms with van der Waals surface area (Å²) >= 11 is 3.43. The van der Waals surface area contributed by atoms with Crippen molar-refractivity contribution in [3.05, 3.63) is 63.8 Å². The molecule has 4 rings (SSSR count). The molecule has 0 bridgehead atoms. The molecule has 3 amide bonds. The van der Waals surface area contributed by atoms with Gasteiger partial charge in [-0.1, -0.05) is 34.1 Å². The summed E-state index contributed by atoms with van der Waals surface area (Å²) in [5, 5.41) is 6.27. The number of fused-ring (bicyclic) bond motifs is 1. The lowest BCUT2D eigenvalue weighted by molar-refractivity contribution is -0.136. The van der Waals surface area contributed by atoms with Crippen molar-refractivity contribution in [2.45, 2.75) is 32.8 Å². The maximum atomic E-state index is 13.2. The Labute approximate surface area is 199 Å². The lowest BCUT2D eigenvalue weighted by atomic mass is 10.1. The SMILES string of the molecule is Cc1cccc(C)c1NC(=O)c1cc2cc(Br)ccc2n1NC(=O)C(=O)NC[C@H]1CCCO1. The molecule has 1 aliphatic rings. The molecular weight excluding hydrogens is 488 g/mol. The fourth-order valence-corrected chi connectivity index (χ4v) is 4.29. The predicted octanol–water partition coefficient (Wildman–Crippen LogP) is 3.64. The van der Waals surface area contributed by atoms with Crippen molar-refractivity contribution < 1.29 is 19.1 Å². The molecule has 1 saturated heterocycles. The van der Waals surface area contributed by atoms with E-state index >= 15 is 0 Å². The number of para-hydroxylation sites is 1. The zero-order valence-corrected chi connectivity index (χ0v) is 20.0. The molecule has 1 aromatic heterocycles. The number of amides is 3. The highest BCUT2D eigenvalue weighted by Gasteiger charge is 2.23. The molecule has 2 aromatic carbocycles. The summed E-state index contributed by atoms with van der Waals surface area (Å²) in [6.07, 6.45) is 1.71. The lowest BCUT2D eigenvalue weighted by Gasteiger charge is -2.15. The van der Waals surface area contributed by atoms with Gasteiger partial charge in [-0.15, -0.1) is 0 Å². The van der Waals surface area contributed by atoms with E-state index in [1.165, 1.54) is 4.68 Å². The van der Waals surface area contributed by atoms with Crippen LogP contribution in [0.2, 0.25) is 0 Å². The number of ether oxygens (including phenoxy) is 1. The molecule has 1 aliphatic heterocycles. The van der Waals surface area contributed by atoms with Gasteiger partial charge in [0.25, 0.3) is 5.91 Å². The van der Waals surface area contributed by atoms with E-state index in [2.05, 4.69) is 32.0 Å². The number of hydrogen-bond donors (Lipinski definition) is 3. The van der Waals surface area contributed by atoms with E-state index in [0.717, 1.165) is 33.8 Å². The molecule has 0 aliphatic carbocycles. The largest absolute Gasteiger partial charge is 0.376 e. The van der Waals surface area contributed by atoms with Gasteiger partial charge in [0, 0.05) is 28.7 Å². The van der Waals surface area contributed by atoms with Crippen LogP contribution in [0, 0.1) is 13.8 Å². The zero-order valence-electron chi connectivity index (χ0n) is 18.4. The van der Waals surface area contributed by atoms with E-state index in [1.54, 1.807) is 18.2 Å². The minimum Gasteiger partial charge on any atom is -0.376 e. The van der Waals surface area contributed by atoms with Gasteiger partial charge in [0.1, 0.15) is 5.69 Å². The van der Waals surface area contributed by atoms with Crippen LogP contribution in [0.3, 0.4) is 0 Å². The quantitative estimate of drug-likeness (QED) is 0.454. The second-order valence-electron chi connectivity index (χ2n) is 8.08. The average molecular weight is 513 g/mol. The van der Waals surface area contributed by atoms with Crippen molar-refractivity contribution in [3.8, 4) is 0 Å². The smallest absolute Gasteiger partial charge is 0.328 e. The van der Waals surface area contributed by atoms with E-state index in [4.69, 9.17) is 4.74 Å².